The van der Waals surface area contributed by atoms with Crippen molar-refractivity contribution in [1.82, 2.24) is 4.90 Å². The summed E-state index contributed by atoms with van der Waals surface area (Å²) in [6.45, 7) is 5.39. The summed E-state index contributed by atoms with van der Waals surface area (Å²) < 4.78 is 2.13. The van der Waals surface area contributed by atoms with Gasteiger partial charge in [0.25, 0.3) is 0 Å². The van der Waals surface area contributed by atoms with Gasteiger partial charge in [-0.1, -0.05) is 91.0 Å². The monoisotopic (exact) mass is 429 g/mol. The molecule has 0 radical (unpaired) electrons. The molecular formula is C31H29N2+. The molecule has 2 nitrogen and oxygen atoms in total. The van der Waals surface area contributed by atoms with Gasteiger partial charge in [-0.15, -0.1) is 0 Å². The summed E-state index contributed by atoms with van der Waals surface area (Å²) in [5.74, 6) is 0. The Morgan fingerprint density at radius 2 is 1.58 bits per heavy atom. The van der Waals surface area contributed by atoms with Crippen LogP contribution in [-0.2, 0) is 13.0 Å². The predicted molar refractivity (Wildman–Crippen MR) is 135 cm³/mol. The van der Waals surface area contributed by atoms with Crippen LogP contribution in [0.3, 0.4) is 0 Å². The normalized spacial score (nSPS) is 14.5. The minimum Gasteiger partial charge on any atom is -0.286 e. The number of nitrogens with zero attached hydrogens (tertiary/aromatic N) is 2. The average molecular weight is 430 g/mol. The van der Waals surface area contributed by atoms with Crippen molar-refractivity contribution < 1.29 is 4.24 Å². The molecule has 0 bridgehead atoms. The molecule has 1 aliphatic carbocycles. The number of rotatable bonds is 5. The van der Waals surface area contributed by atoms with E-state index in [0.717, 1.165) is 18.3 Å². The Bertz CT molecular complexity index is 1490. The summed E-state index contributed by atoms with van der Waals surface area (Å²) in [6.07, 6.45) is 7.56. The number of hydrogen-bond acceptors (Lipinski definition) is 1. The smallest absolute Gasteiger partial charge is 0.218 e. The van der Waals surface area contributed by atoms with E-state index in [-0.39, 0.29) is 6.04 Å². The number of pyridine rings is 1. The van der Waals surface area contributed by atoms with Crippen LogP contribution in [0.2, 0.25) is 0 Å². The third kappa shape index (κ3) is 4.30. The van der Waals surface area contributed by atoms with Crippen molar-refractivity contribution in [3.8, 4) is 0 Å². The van der Waals surface area contributed by atoms with Gasteiger partial charge in [0.05, 0.1) is 5.22 Å². The Labute approximate surface area is 195 Å². The third-order valence-corrected chi connectivity index (χ3v) is 6.44. The Kier molecular flexibility index (Phi) is 6.01. The largest absolute Gasteiger partial charge is 0.286 e. The SMILES string of the molecule is C=[n+]1c(C(c2ccccc2)N(C)Cc2ccccc2)cccc1=c1cccc2c1=CC=CC2. The second-order valence-corrected chi connectivity index (χ2v) is 8.66. The lowest BCUT2D eigenvalue weighted by Crippen LogP contribution is -2.34. The fourth-order valence-corrected chi connectivity index (χ4v) is 4.85. The van der Waals surface area contributed by atoms with Crippen molar-refractivity contribution in [1.29, 1.82) is 0 Å². The molecule has 1 unspecified atom stereocenters. The molecule has 2 heteroatoms. The molecule has 0 fully saturated rings. The van der Waals surface area contributed by atoms with Crippen molar-refractivity contribution >= 4 is 6.08 Å². The first-order valence-corrected chi connectivity index (χ1v) is 11.5. The Hall–Kier alpha value is -3.75. The highest BCUT2D eigenvalue weighted by Gasteiger charge is 2.26. The molecule has 1 aromatic heterocycles. The second-order valence-electron chi connectivity index (χ2n) is 8.66. The zero-order valence-electron chi connectivity index (χ0n) is 19.1. The first kappa shape index (κ1) is 21.1. The summed E-state index contributed by atoms with van der Waals surface area (Å²) in [5, 5.41) is 3.65. The molecule has 0 saturated carbocycles. The zero-order chi connectivity index (χ0) is 22.6. The standard InChI is InChI=1S/C31H29N2/c1-32(23-24-13-5-3-6-14-24)31(26-16-7-4-8-17-26)30-22-12-21-29(33(30)2)28-20-11-18-25-15-9-10-19-27(25)28/h3-14,16-22,31H,2,15,23H2,1H3/q+1. The van der Waals surface area contributed by atoms with Crippen LogP contribution in [0.15, 0.2) is 109 Å². The highest BCUT2D eigenvalue weighted by atomic mass is 15.1. The molecule has 0 saturated heterocycles. The lowest BCUT2D eigenvalue weighted by Gasteiger charge is -2.26. The highest BCUT2D eigenvalue weighted by Crippen LogP contribution is 2.26. The van der Waals surface area contributed by atoms with Crippen LogP contribution in [0, 0.1) is 17.3 Å². The summed E-state index contributed by atoms with van der Waals surface area (Å²) >= 11 is 0. The van der Waals surface area contributed by atoms with Gasteiger partial charge < -0.3 is 0 Å². The molecule has 1 aliphatic rings. The predicted octanol–water partition coefficient (Wildman–Crippen LogP) is 5.01. The maximum Gasteiger partial charge on any atom is 0.218 e. The molecule has 1 heterocycles. The van der Waals surface area contributed by atoms with Gasteiger partial charge in [0.1, 0.15) is 12.8 Å². The zero-order valence-corrected chi connectivity index (χ0v) is 19.1. The van der Waals surface area contributed by atoms with E-state index in [9.17, 15) is 0 Å². The lowest BCUT2D eigenvalue weighted by molar-refractivity contribution is -0.523. The van der Waals surface area contributed by atoms with E-state index < -0.39 is 0 Å². The van der Waals surface area contributed by atoms with Crippen molar-refractivity contribution in [2.45, 2.75) is 19.0 Å². The highest BCUT2D eigenvalue weighted by molar-refractivity contribution is 5.45. The maximum absolute atomic E-state index is 4.54. The molecule has 4 aromatic rings. The van der Waals surface area contributed by atoms with Crippen LogP contribution in [-0.4, -0.2) is 11.9 Å². The summed E-state index contributed by atoms with van der Waals surface area (Å²) in [6, 6.07) is 34.6. The third-order valence-electron chi connectivity index (χ3n) is 6.44. The molecule has 5 rings (SSSR count). The summed E-state index contributed by atoms with van der Waals surface area (Å²) in [4.78, 5) is 2.40. The Morgan fingerprint density at radius 1 is 0.848 bits per heavy atom. The first-order valence-electron chi connectivity index (χ1n) is 11.5. The molecule has 162 valence electrons. The van der Waals surface area contributed by atoms with Crippen LogP contribution in [0.4, 0.5) is 0 Å². The average Bonchev–Trinajstić information content (AvgIpc) is 2.86. The minimum absolute atomic E-state index is 0.0762. The summed E-state index contributed by atoms with van der Waals surface area (Å²) in [5.41, 5.74) is 5.09. The molecule has 0 spiro atoms. The minimum atomic E-state index is 0.0762. The molecule has 0 N–H and O–H groups in total. The van der Waals surface area contributed by atoms with Crippen molar-refractivity contribution in [2.75, 3.05) is 7.05 Å². The van der Waals surface area contributed by atoms with E-state index >= 15 is 0 Å². The van der Waals surface area contributed by atoms with Crippen LogP contribution < -0.4 is 9.46 Å². The van der Waals surface area contributed by atoms with Gasteiger partial charge in [-0.2, -0.15) is 4.24 Å². The van der Waals surface area contributed by atoms with Gasteiger partial charge in [-0.3, -0.25) is 4.90 Å². The van der Waals surface area contributed by atoms with E-state index in [0.29, 0.717) is 0 Å². The molecule has 0 amide bonds. The fourth-order valence-electron chi connectivity index (χ4n) is 4.85. The van der Waals surface area contributed by atoms with E-state index in [1.54, 1.807) is 0 Å². The van der Waals surface area contributed by atoms with E-state index in [4.69, 9.17) is 0 Å². The van der Waals surface area contributed by atoms with Crippen molar-refractivity contribution in [3.63, 3.8) is 0 Å². The molecular weight excluding hydrogens is 400 g/mol. The van der Waals surface area contributed by atoms with Gasteiger partial charge in [0, 0.05) is 18.7 Å². The van der Waals surface area contributed by atoms with Crippen LogP contribution >= 0.6 is 0 Å². The lowest BCUT2D eigenvalue weighted by atomic mass is 10.00. The van der Waals surface area contributed by atoms with Gasteiger partial charge in [-0.05, 0) is 47.5 Å². The number of fused-ring (bicyclic) bond motifs is 1. The Balaban J connectivity index is 1.72. The van der Waals surface area contributed by atoms with Gasteiger partial charge in [0.2, 0.25) is 11.0 Å². The first-order chi connectivity index (χ1) is 16.2. The van der Waals surface area contributed by atoms with Crippen LogP contribution in [0.1, 0.15) is 28.4 Å². The molecule has 1 atom stereocenters. The van der Waals surface area contributed by atoms with Crippen molar-refractivity contribution in [3.05, 3.63) is 154 Å². The van der Waals surface area contributed by atoms with E-state index in [2.05, 4.69) is 138 Å². The summed E-state index contributed by atoms with van der Waals surface area (Å²) in [7, 11) is 2.19. The number of hydrogen-bond donors (Lipinski definition) is 0. The van der Waals surface area contributed by atoms with E-state index in [1.165, 1.54) is 32.8 Å². The fraction of sp³-hybridized carbons (Fsp3) is 0.129. The number of allylic oxidation sites excluding steroid dienone is 2. The number of benzene rings is 3. The van der Waals surface area contributed by atoms with E-state index in [1.807, 2.05) is 0 Å². The van der Waals surface area contributed by atoms with Crippen LogP contribution in [0.25, 0.3) is 6.08 Å². The topological polar surface area (TPSA) is 9.14 Å². The van der Waals surface area contributed by atoms with Crippen LogP contribution in [0.5, 0.6) is 0 Å². The van der Waals surface area contributed by atoms with Gasteiger partial charge >= 0.3 is 0 Å². The Morgan fingerprint density at radius 3 is 2.36 bits per heavy atom. The van der Waals surface area contributed by atoms with Gasteiger partial charge in [-0.25, -0.2) is 0 Å². The quantitative estimate of drug-likeness (QED) is 0.405. The maximum atomic E-state index is 4.54. The molecule has 33 heavy (non-hydrogen) atoms. The van der Waals surface area contributed by atoms with Crippen molar-refractivity contribution in [2.24, 2.45) is 0 Å². The molecule has 0 aliphatic heterocycles. The number of aromatic nitrogens is 1. The second kappa shape index (κ2) is 9.40. The molecule has 3 aromatic carbocycles. The van der Waals surface area contributed by atoms with Gasteiger partial charge in [0.15, 0.2) is 0 Å².